The highest BCUT2D eigenvalue weighted by atomic mass is 16.5. The predicted octanol–water partition coefficient (Wildman–Crippen LogP) is -0.638. The van der Waals surface area contributed by atoms with Gasteiger partial charge in [-0.15, -0.1) is 0 Å². The maximum Gasteiger partial charge on any atom is 0.233 e. The van der Waals surface area contributed by atoms with Crippen LogP contribution in [0.15, 0.2) is 0 Å². The number of ether oxygens (including phenoxy) is 1. The molecule has 7 heteroatoms. The lowest BCUT2D eigenvalue weighted by Crippen LogP contribution is -3.22. The zero-order valence-electron chi connectivity index (χ0n) is 16.0. The van der Waals surface area contributed by atoms with Gasteiger partial charge in [-0.25, -0.2) is 0 Å². The lowest BCUT2D eigenvalue weighted by molar-refractivity contribution is -0.954. The first kappa shape index (κ1) is 19.3. The SMILES string of the molecule is CC(C)(CNC(=O)CCN1C(=O)[C@H]2CCCC[C@@H]2C1=O)[NH+]1CCOCC1. The summed E-state index contributed by atoms with van der Waals surface area (Å²) in [6.07, 6.45) is 3.86. The van der Waals surface area contributed by atoms with Gasteiger partial charge in [0.15, 0.2) is 0 Å². The van der Waals surface area contributed by atoms with Crippen LogP contribution < -0.4 is 10.2 Å². The Balaban J connectivity index is 1.45. The lowest BCUT2D eigenvalue weighted by atomic mass is 9.81. The Labute approximate surface area is 155 Å². The second-order valence-corrected chi connectivity index (χ2v) is 8.45. The summed E-state index contributed by atoms with van der Waals surface area (Å²) in [6.45, 7) is 8.49. The number of hydrogen-bond donors (Lipinski definition) is 2. The van der Waals surface area contributed by atoms with Crippen LogP contribution in [0, 0.1) is 11.8 Å². The van der Waals surface area contributed by atoms with Crippen molar-refractivity contribution in [1.82, 2.24) is 10.2 Å². The van der Waals surface area contributed by atoms with Gasteiger partial charge in [0.05, 0.1) is 31.6 Å². The van der Waals surface area contributed by atoms with Crippen LogP contribution in [0.4, 0.5) is 0 Å². The first-order chi connectivity index (χ1) is 12.4. The summed E-state index contributed by atoms with van der Waals surface area (Å²) in [5, 5.41) is 2.99. The predicted molar refractivity (Wildman–Crippen MR) is 95.4 cm³/mol. The molecule has 2 N–H and O–H groups in total. The van der Waals surface area contributed by atoms with Gasteiger partial charge in [-0.1, -0.05) is 12.8 Å². The van der Waals surface area contributed by atoms with E-state index in [1.54, 1.807) is 0 Å². The highest BCUT2D eigenvalue weighted by Crippen LogP contribution is 2.37. The van der Waals surface area contributed by atoms with Crippen molar-refractivity contribution < 1.29 is 24.0 Å². The standard InChI is InChI=1S/C19H31N3O4/c1-19(2,21-9-11-26-12-10-21)13-20-16(23)7-8-22-17(24)14-5-3-4-6-15(14)18(22)25/h14-15H,3-13H2,1-2H3,(H,20,23)/p+1/t14-,15-/m0/s1. The van der Waals surface area contributed by atoms with Crippen molar-refractivity contribution in [3.8, 4) is 0 Å². The molecule has 0 aromatic heterocycles. The van der Waals surface area contributed by atoms with E-state index in [1.807, 2.05) is 0 Å². The Morgan fingerprint density at radius 2 is 1.73 bits per heavy atom. The van der Waals surface area contributed by atoms with Crippen molar-refractivity contribution in [2.45, 2.75) is 51.5 Å². The van der Waals surface area contributed by atoms with Crippen molar-refractivity contribution in [2.24, 2.45) is 11.8 Å². The molecule has 2 atom stereocenters. The van der Waals surface area contributed by atoms with E-state index in [9.17, 15) is 14.4 Å². The fourth-order valence-corrected chi connectivity index (χ4v) is 4.49. The van der Waals surface area contributed by atoms with E-state index in [0.717, 1.165) is 52.0 Å². The van der Waals surface area contributed by atoms with Crippen LogP contribution in [-0.2, 0) is 19.1 Å². The number of rotatable bonds is 6. The molecule has 146 valence electrons. The van der Waals surface area contributed by atoms with Crippen LogP contribution in [-0.4, -0.2) is 67.6 Å². The van der Waals surface area contributed by atoms with E-state index in [-0.39, 0.29) is 48.1 Å². The number of nitrogens with zero attached hydrogens (tertiary/aromatic N) is 1. The van der Waals surface area contributed by atoms with Gasteiger partial charge in [-0.3, -0.25) is 19.3 Å². The molecule has 0 bridgehead atoms. The van der Waals surface area contributed by atoms with Gasteiger partial charge >= 0.3 is 0 Å². The van der Waals surface area contributed by atoms with Gasteiger partial charge in [0.1, 0.15) is 18.6 Å². The Hall–Kier alpha value is -1.47. The van der Waals surface area contributed by atoms with E-state index in [0.29, 0.717) is 6.54 Å². The largest absolute Gasteiger partial charge is 0.370 e. The molecule has 3 rings (SSSR count). The second kappa shape index (κ2) is 8.05. The Bertz CT molecular complexity index is 533. The van der Waals surface area contributed by atoms with Gasteiger partial charge in [0.25, 0.3) is 0 Å². The normalized spacial score (nSPS) is 27.5. The molecular weight excluding hydrogens is 334 g/mol. The molecule has 26 heavy (non-hydrogen) atoms. The molecule has 0 aromatic carbocycles. The Kier molecular flexibility index (Phi) is 5.97. The summed E-state index contributed by atoms with van der Waals surface area (Å²) >= 11 is 0. The monoisotopic (exact) mass is 366 g/mol. The number of fused-ring (bicyclic) bond motifs is 1. The maximum absolute atomic E-state index is 12.4. The van der Waals surface area contributed by atoms with Crippen LogP contribution in [0.5, 0.6) is 0 Å². The molecule has 3 aliphatic rings. The number of imide groups is 1. The Morgan fingerprint density at radius 1 is 1.15 bits per heavy atom. The molecule has 0 radical (unpaired) electrons. The minimum absolute atomic E-state index is 0.0618. The maximum atomic E-state index is 12.4. The van der Waals surface area contributed by atoms with Crippen LogP contribution in [0.1, 0.15) is 46.0 Å². The van der Waals surface area contributed by atoms with E-state index in [1.165, 1.54) is 9.80 Å². The van der Waals surface area contributed by atoms with Crippen molar-refractivity contribution >= 4 is 17.7 Å². The third-order valence-electron chi connectivity index (χ3n) is 6.28. The summed E-state index contributed by atoms with van der Waals surface area (Å²) in [4.78, 5) is 39.9. The van der Waals surface area contributed by atoms with Gasteiger partial charge in [-0.2, -0.15) is 0 Å². The zero-order valence-corrected chi connectivity index (χ0v) is 16.0. The number of hydrogen-bond acceptors (Lipinski definition) is 4. The van der Waals surface area contributed by atoms with Crippen molar-refractivity contribution in [2.75, 3.05) is 39.4 Å². The highest BCUT2D eigenvalue weighted by Gasteiger charge is 2.47. The molecule has 1 saturated carbocycles. The highest BCUT2D eigenvalue weighted by molar-refractivity contribution is 6.05. The fraction of sp³-hybridized carbons (Fsp3) is 0.842. The minimum atomic E-state index is -0.136. The van der Waals surface area contributed by atoms with Crippen LogP contribution in [0.25, 0.3) is 0 Å². The molecule has 7 nitrogen and oxygen atoms in total. The number of quaternary nitrogens is 1. The third-order valence-corrected chi connectivity index (χ3v) is 6.28. The lowest BCUT2D eigenvalue weighted by Gasteiger charge is -2.37. The van der Waals surface area contributed by atoms with E-state index >= 15 is 0 Å². The summed E-state index contributed by atoms with van der Waals surface area (Å²) in [5.74, 6) is -0.497. The second-order valence-electron chi connectivity index (χ2n) is 8.45. The first-order valence-corrected chi connectivity index (χ1v) is 9.95. The summed E-state index contributed by atoms with van der Waals surface area (Å²) < 4.78 is 5.40. The van der Waals surface area contributed by atoms with E-state index in [2.05, 4.69) is 19.2 Å². The fourth-order valence-electron chi connectivity index (χ4n) is 4.49. The Morgan fingerprint density at radius 3 is 2.31 bits per heavy atom. The van der Waals surface area contributed by atoms with Gasteiger partial charge in [0.2, 0.25) is 17.7 Å². The smallest absolute Gasteiger partial charge is 0.233 e. The quantitative estimate of drug-likeness (QED) is 0.613. The molecule has 0 unspecified atom stereocenters. The van der Waals surface area contributed by atoms with Gasteiger partial charge in [0, 0.05) is 13.0 Å². The molecule has 0 aromatic rings. The molecule has 3 amide bonds. The molecule has 2 heterocycles. The van der Waals surface area contributed by atoms with Crippen LogP contribution in [0.2, 0.25) is 0 Å². The summed E-state index contributed by atoms with van der Waals surface area (Å²) in [5.41, 5.74) is -0.0618. The number of likely N-dealkylation sites (tertiary alicyclic amines) is 1. The molecule has 0 spiro atoms. The number of morpholine rings is 1. The summed E-state index contributed by atoms with van der Waals surface area (Å²) in [7, 11) is 0. The van der Waals surface area contributed by atoms with Gasteiger partial charge < -0.3 is 15.0 Å². The topological polar surface area (TPSA) is 80.2 Å². The molecule has 2 aliphatic heterocycles. The van der Waals surface area contributed by atoms with E-state index < -0.39 is 0 Å². The number of amides is 3. The molecular formula is C19H32N3O4+. The molecule has 1 aliphatic carbocycles. The number of nitrogens with one attached hydrogen (secondary N) is 2. The average Bonchev–Trinajstić information content (AvgIpc) is 2.90. The first-order valence-electron chi connectivity index (χ1n) is 9.95. The van der Waals surface area contributed by atoms with Crippen LogP contribution >= 0.6 is 0 Å². The molecule has 2 saturated heterocycles. The third kappa shape index (κ3) is 4.09. The number of carbonyl (C=O) groups is 3. The average molecular weight is 366 g/mol. The van der Waals surface area contributed by atoms with Crippen molar-refractivity contribution in [3.05, 3.63) is 0 Å². The summed E-state index contributed by atoms with van der Waals surface area (Å²) in [6, 6.07) is 0. The molecule has 3 fully saturated rings. The van der Waals surface area contributed by atoms with Crippen LogP contribution in [0.3, 0.4) is 0 Å². The van der Waals surface area contributed by atoms with E-state index in [4.69, 9.17) is 4.74 Å². The zero-order chi connectivity index (χ0) is 18.7. The number of carbonyl (C=O) groups excluding carboxylic acids is 3. The van der Waals surface area contributed by atoms with Crippen molar-refractivity contribution in [3.63, 3.8) is 0 Å². The van der Waals surface area contributed by atoms with Crippen molar-refractivity contribution in [1.29, 1.82) is 0 Å². The van der Waals surface area contributed by atoms with Gasteiger partial charge in [-0.05, 0) is 26.7 Å². The minimum Gasteiger partial charge on any atom is -0.370 e.